The van der Waals surface area contributed by atoms with Crippen LogP contribution in [-0.4, -0.2) is 24.9 Å². The Morgan fingerprint density at radius 1 is 1.00 bits per heavy atom. The quantitative estimate of drug-likeness (QED) is 0.471. The summed E-state index contributed by atoms with van der Waals surface area (Å²) in [7, 11) is 0. The summed E-state index contributed by atoms with van der Waals surface area (Å²) in [6.07, 6.45) is 3.03. The van der Waals surface area contributed by atoms with Crippen LogP contribution < -0.4 is 10.1 Å². The molecular formula is C23H26F3N5O2. The van der Waals surface area contributed by atoms with Gasteiger partial charge in [-0.25, -0.2) is 9.67 Å². The van der Waals surface area contributed by atoms with Crippen molar-refractivity contribution in [2.45, 2.75) is 63.8 Å². The number of ether oxygens (including phenoxy) is 1. The maximum atomic E-state index is 13.3. The van der Waals surface area contributed by atoms with E-state index in [0.29, 0.717) is 22.9 Å². The van der Waals surface area contributed by atoms with Crippen LogP contribution in [0.1, 0.15) is 63.4 Å². The van der Waals surface area contributed by atoms with Crippen molar-refractivity contribution in [3.05, 3.63) is 54.1 Å². The van der Waals surface area contributed by atoms with E-state index >= 15 is 0 Å². The number of hydrogen-bond donors (Lipinski definition) is 2. The Morgan fingerprint density at radius 3 is 2.42 bits per heavy atom. The molecule has 0 amide bonds. The van der Waals surface area contributed by atoms with E-state index in [1.165, 1.54) is 10.9 Å². The highest BCUT2D eigenvalue weighted by atomic mass is 19.4. The number of anilines is 2. The van der Waals surface area contributed by atoms with E-state index in [1.54, 1.807) is 44.3 Å². The Bertz CT molecular complexity index is 1100. The van der Waals surface area contributed by atoms with Gasteiger partial charge in [0.15, 0.2) is 5.69 Å². The Kier molecular flexibility index (Phi) is 6.29. The molecule has 33 heavy (non-hydrogen) atoms. The monoisotopic (exact) mass is 461 g/mol. The van der Waals surface area contributed by atoms with E-state index in [1.807, 2.05) is 0 Å². The van der Waals surface area contributed by atoms with Crippen molar-refractivity contribution in [1.82, 2.24) is 19.7 Å². The molecule has 176 valence electrons. The van der Waals surface area contributed by atoms with E-state index in [2.05, 4.69) is 20.4 Å². The third kappa shape index (κ3) is 5.62. The lowest BCUT2D eigenvalue weighted by Gasteiger charge is -2.23. The van der Waals surface area contributed by atoms with Gasteiger partial charge in [0.25, 0.3) is 0 Å². The number of nitrogens with zero attached hydrogens (tertiary/aromatic N) is 4. The zero-order chi connectivity index (χ0) is 23.6. The number of pyridine rings is 2. The van der Waals surface area contributed by atoms with Crippen molar-refractivity contribution < 1.29 is 23.0 Å². The highest BCUT2D eigenvalue weighted by molar-refractivity contribution is 5.57. The summed E-state index contributed by atoms with van der Waals surface area (Å²) < 4.78 is 47.2. The van der Waals surface area contributed by atoms with Gasteiger partial charge in [0.1, 0.15) is 17.2 Å². The van der Waals surface area contributed by atoms with E-state index in [-0.39, 0.29) is 11.9 Å². The van der Waals surface area contributed by atoms with Crippen LogP contribution in [-0.2, 0) is 11.8 Å². The van der Waals surface area contributed by atoms with Crippen LogP contribution in [0.4, 0.5) is 24.7 Å². The molecule has 0 unspecified atom stereocenters. The van der Waals surface area contributed by atoms with Gasteiger partial charge in [-0.3, -0.25) is 4.98 Å². The number of hydrogen-bond acceptors (Lipinski definition) is 6. The summed E-state index contributed by atoms with van der Waals surface area (Å²) in [5.74, 6) is 0.815. The minimum absolute atomic E-state index is 0.0552. The lowest BCUT2D eigenvalue weighted by atomic mass is 9.96. The number of rotatable bonds is 6. The third-order valence-electron chi connectivity index (χ3n) is 5.53. The van der Waals surface area contributed by atoms with Crippen molar-refractivity contribution in [2.24, 2.45) is 0 Å². The maximum absolute atomic E-state index is 13.3. The molecule has 0 saturated heterocycles. The molecule has 0 aromatic carbocycles. The van der Waals surface area contributed by atoms with Gasteiger partial charge in [-0.05, 0) is 44.9 Å². The first-order valence-electron chi connectivity index (χ1n) is 10.9. The van der Waals surface area contributed by atoms with Crippen LogP contribution in [0.3, 0.4) is 0 Å². The summed E-state index contributed by atoms with van der Waals surface area (Å²) in [4.78, 5) is 8.41. The molecule has 3 aromatic rings. The van der Waals surface area contributed by atoms with Crippen LogP contribution >= 0.6 is 0 Å². The van der Waals surface area contributed by atoms with Gasteiger partial charge in [-0.2, -0.15) is 18.3 Å². The van der Waals surface area contributed by atoms with Crippen LogP contribution in [0.15, 0.2) is 42.7 Å². The number of aliphatic hydroxyl groups is 1. The van der Waals surface area contributed by atoms with Gasteiger partial charge in [0.05, 0.1) is 11.7 Å². The van der Waals surface area contributed by atoms with Gasteiger partial charge >= 0.3 is 6.18 Å². The van der Waals surface area contributed by atoms with E-state index in [9.17, 15) is 18.3 Å². The second-order valence-corrected chi connectivity index (χ2v) is 8.69. The lowest BCUT2D eigenvalue weighted by Crippen LogP contribution is -2.17. The summed E-state index contributed by atoms with van der Waals surface area (Å²) in [5, 5.41) is 17.1. The van der Waals surface area contributed by atoms with E-state index in [4.69, 9.17) is 4.74 Å². The Labute approximate surface area is 189 Å². The summed E-state index contributed by atoms with van der Waals surface area (Å²) >= 11 is 0. The molecule has 3 aromatic heterocycles. The molecule has 0 atom stereocenters. The minimum atomic E-state index is -4.55. The molecule has 2 N–H and O–H groups in total. The topological polar surface area (TPSA) is 85.1 Å². The molecule has 3 heterocycles. The second kappa shape index (κ2) is 9.01. The van der Waals surface area contributed by atoms with Crippen molar-refractivity contribution >= 4 is 11.5 Å². The number of halogens is 3. The first-order valence-corrected chi connectivity index (χ1v) is 10.9. The Morgan fingerprint density at radius 2 is 1.73 bits per heavy atom. The predicted octanol–water partition coefficient (Wildman–Crippen LogP) is 5.96. The zero-order valence-electron chi connectivity index (χ0n) is 18.4. The number of nitrogens with one attached hydrogen (secondary N) is 1. The van der Waals surface area contributed by atoms with Crippen molar-refractivity contribution in [3.8, 4) is 11.6 Å². The molecule has 0 radical (unpaired) electrons. The molecule has 1 fully saturated rings. The molecule has 0 spiro atoms. The maximum Gasteiger partial charge on any atom is 0.435 e. The summed E-state index contributed by atoms with van der Waals surface area (Å²) in [6, 6.07) is 7.41. The van der Waals surface area contributed by atoms with Crippen LogP contribution in [0.25, 0.3) is 0 Å². The smallest absolute Gasteiger partial charge is 0.435 e. The Hall–Kier alpha value is -3.14. The fraction of sp³-hybridized carbons (Fsp3) is 0.435. The second-order valence-electron chi connectivity index (χ2n) is 8.69. The number of alkyl halides is 3. The average Bonchev–Trinajstić information content (AvgIpc) is 3.19. The molecule has 1 saturated carbocycles. The third-order valence-corrected chi connectivity index (χ3v) is 5.53. The average molecular weight is 461 g/mol. The number of aromatic nitrogens is 4. The fourth-order valence-electron chi connectivity index (χ4n) is 3.83. The first-order chi connectivity index (χ1) is 15.6. The molecular weight excluding hydrogens is 435 g/mol. The SMILES string of the molecule is CC(C)(O)c1cc(Nc2cc(Oc3cc(C(F)(F)F)nn3C3CCCCC3)ccn2)ccn1. The molecule has 10 heteroatoms. The molecule has 4 rings (SSSR count). The van der Waals surface area contributed by atoms with Gasteiger partial charge < -0.3 is 15.2 Å². The Balaban J connectivity index is 1.58. The summed E-state index contributed by atoms with van der Waals surface area (Å²) in [5.41, 5.74) is -0.940. The molecule has 1 aliphatic rings. The lowest BCUT2D eigenvalue weighted by molar-refractivity contribution is -0.141. The van der Waals surface area contributed by atoms with Gasteiger partial charge in [0.2, 0.25) is 5.88 Å². The van der Waals surface area contributed by atoms with E-state index < -0.39 is 17.5 Å². The summed E-state index contributed by atoms with van der Waals surface area (Å²) in [6.45, 7) is 3.27. The first kappa shape index (κ1) is 23.0. The predicted molar refractivity (Wildman–Crippen MR) is 116 cm³/mol. The van der Waals surface area contributed by atoms with E-state index in [0.717, 1.165) is 38.2 Å². The molecule has 0 bridgehead atoms. The largest absolute Gasteiger partial charge is 0.439 e. The van der Waals surface area contributed by atoms with Crippen molar-refractivity contribution in [3.63, 3.8) is 0 Å². The molecule has 1 aliphatic carbocycles. The van der Waals surface area contributed by atoms with Crippen molar-refractivity contribution in [2.75, 3.05) is 5.32 Å². The highest BCUT2D eigenvalue weighted by Gasteiger charge is 2.36. The van der Waals surface area contributed by atoms with Crippen LogP contribution in [0, 0.1) is 0 Å². The van der Waals surface area contributed by atoms with Gasteiger partial charge in [-0.15, -0.1) is 0 Å². The zero-order valence-corrected chi connectivity index (χ0v) is 18.4. The van der Waals surface area contributed by atoms with Crippen molar-refractivity contribution in [1.29, 1.82) is 0 Å². The minimum Gasteiger partial charge on any atom is -0.439 e. The highest BCUT2D eigenvalue weighted by Crippen LogP contribution is 2.37. The van der Waals surface area contributed by atoms with Gasteiger partial charge in [-0.1, -0.05) is 19.3 Å². The molecule has 7 nitrogen and oxygen atoms in total. The standard InChI is InChI=1S/C23H26F3N5O2/c1-22(2,32)18-12-15(8-10-27-18)29-20-13-17(9-11-28-20)33-21-14-19(23(24,25)26)30-31(21)16-6-4-3-5-7-16/h8-14,16,32H,3-7H2,1-2H3,(H,27,28,29). The van der Waals surface area contributed by atoms with Gasteiger partial charge in [0, 0.05) is 30.2 Å². The fourth-order valence-corrected chi connectivity index (χ4v) is 3.83. The normalized spacial score (nSPS) is 15.5. The van der Waals surface area contributed by atoms with Crippen LogP contribution in [0.2, 0.25) is 0 Å². The van der Waals surface area contributed by atoms with Crippen LogP contribution in [0.5, 0.6) is 11.6 Å². The molecule has 0 aliphatic heterocycles.